The minimum Gasteiger partial charge on any atom is -0.475 e. The van der Waals surface area contributed by atoms with Crippen LogP contribution < -0.4 is 0 Å². The number of aromatic nitrogens is 1. The molecule has 0 atom stereocenters. The molecule has 1 heterocycles. The molecule has 20 heavy (non-hydrogen) atoms. The third-order valence-electron chi connectivity index (χ3n) is 3.55. The molecule has 104 valence electrons. The molecule has 1 N–H and O–H groups in total. The maximum atomic E-state index is 11.1. The second kappa shape index (κ2) is 5.49. The number of aryl methyl sites for hydroxylation is 2. The zero-order valence-corrected chi connectivity index (χ0v) is 11.2. The van der Waals surface area contributed by atoms with Gasteiger partial charge in [0, 0.05) is 12.3 Å². The van der Waals surface area contributed by atoms with E-state index < -0.39 is 5.97 Å². The lowest BCUT2D eigenvalue weighted by atomic mass is 10.1. The number of aromatic carboxylic acids is 1. The van der Waals surface area contributed by atoms with E-state index in [9.17, 15) is 4.79 Å². The van der Waals surface area contributed by atoms with Crippen LogP contribution in [-0.4, -0.2) is 16.1 Å². The fraction of sp³-hybridized carbons (Fsp3) is 0.375. The van der Waals surface area contributed by atoms with Gasteiger partial charge in [0.15, 0.2) is 5.89 Å². The van der Waals surface area contributed by atoms with Crippen LogP contribution in [0.1, 0.15) is 52.9 Å². The molecule has 1 aromatic carbocycles. The summed E-state index contributed by atoms with van der Waals surface area (Å²) in [4.78, 5) is 15.5. The number of hydrogen-bond donors (Lipinski definition) is 1. The van der Waals surface area contributed by atoms with Gasteiger partial charge in [0.25, 0.3) is 0 Å². The van der Waals surface area contributed by atoms with E-state index in [1.54, 1.807) is 0 Å². The Morgan fingerprint density at radius 2 is 2.00 bits per heavy atom. The van der Waals surface area contributed by atoms with Gasteiger partial charge in [-0.25, -0.2) is 9.78 Å². The molecule has 3 rings (SSSR count). The second-order valence-corrected chi connectivity index (χ2v) is 5.24. The largest absolute Gasteiger partial charge is 0.475 e. The molecule has 0 aliphatic heterocycles. The van der Waals surface area contributed by atoms with E-state index in [1.165, 1.54) is 5.56 Å². The van der Waals surface area contributed by atoms with E-state index in [2.05, 4.69) is 17.1 Å². The summed E-state index contributed by atoms with van der Waals surface area (Å²) >= 11 is 0. The standard InChI is InChI=1S/C16H17NO3/c18-16(19)15-14(12-9-10-12)17-13(20-15)8-4-7-11-5-2-1-3-6-11/h1-3,5-6,12H,4,7-10H2,(H,18,19). The zero-order valence-electron chi connectivity index (χ0n) is 11.2. The van der Waals surface area contributed by atoms with Crippen molar-refractivity contribution >= 4 is 5.97 Å². The average molecular weight is 271 g/mol. The Labute approximate surface area is 117 Å². The first kappa shape index (κ1) is 12.9. The Hall–Kier alpha value is -2.10. The summed E-state index contributed by atoms with van der Waals surface area (Å²) in [6, 6.07) is 10.2. The van der Waals surface area contributed by atoms with E-state index in [0.717, 1.165) is 25.7 Å². The van der Waals surface area contributed by atoms with Crippen LogP contribution in [0.15, 0.2) is 34.7 Å². The molecule has 1 fully saturated rings. The molecule has 0 bridgehead atoms. The van der Waals surface area contributed by atoms with Crippen molar-refractivity contribution in [1.29, 1.82) is 0 Å². The van der Waals surface area contributed by atoms with Gasteiger partial charge in [0.1, 0.15) is 0 Å². The Kier molecular flexibility index (Phi) is 3.54. The zero-order chi connectivity index (χ0) is 13.9. The highest BCUT2D eigenvalue weighted by Crippen LogP contribution is 2.41. The summed E-state index contributed by atoms with van der Waals surface area (Å²) in [6.45, 7) is 0. The number of benzene rings is 1. The van der Waals surface area contributed by atoms with Gasteiger partial charge < -0.3 is 9.52 Å². The number of rotatable bonds is 6. The third kappa shape index (κ3) is 2.90. The van der Waals surface area contributed by atoms with Crippen molar-refractivity contribution in [2.45, 2.75) is 38.0 Å². The molecule has 0 radical (unpaired) electrons. The first-order valence-electron chi connectivity index (χ1n) is 7.01. The van der Waals surface area contributed by atoms with Crippen molar-refractivity contribution in [3.05, 3.63) is 53.2 Å². The molecule has 4 heteroatoms. The molecule has 0 saturated heterocycles. The molecule has 0 unspecified atom stereocenters. The quantitative estimate of drug-likeness (QED) is 0.874. The Bertz CT molecular complexity index is 599. The predicted octanol–water partition coefficient (Wildman–Crippen LogP) is 3.43. The lowest BCUT2D eigenvalue weighted by Crippen LogP contribution is -1.98. The maximum Gasteiger partial charge on any atom is 0.373 e. The summed E-state index contributed by atoms with van der Waals surface area (Å²) in [5, 5.41) is 9.13. The van der Waals surface area contributed by atoms with Crippen molar-refractivity contribution in [3.63, 3.8) is 0 Å². The molecule has 4 nitrogen and oxygen atoms in total. The lowest BCUT2D eigenvalue weighted by Gasteiger charge is -1.98. The highest BCUT2D eigenvalue weighted by Gasteiger charge is 2.33. The summed E-state index contributed by atoms with van der Waals surface area (Å²) < 4.78 is 5.40. The fourth-order valence-corrected chi connectivity index (χ4v) is 2.36. The van der Waals surface area contributed by atoms with Crippen molar-refractivity contribution in [3.8, 4) is 0 Å². The van der Waals surface area contributed by atoms with Gasteiger partial charge in [-0.05, 0) is 31.2 Å². The SMILES string of the molecule is O=C(O)c1oc(CCCc2ccccc2)nc1C1CC1. The van der Waals surface area contributed by atoms with E-state index in [-0.39, 0.29) is 5.76 Å². The molecule has 0 spiro atoms. The van der Waals surface area contributed by atoms with E-state index in [0.29, 0.717) is 23.9 Å². The lowest BCUT2D eigenvalue weighted by molar-refractivity contribution is 0.0658. The smallest absolute Gasteiger partial charge is 0.373 e. The molecule has 1 aliphatic carbocycles. The first-order valence-corrected chi connectivity index (χ1v) is 7.01. The number of carbonyl (C=O) groups is 1. The molecule has 1 aliphatic rings. The van der Waals surface area contributed by atoms with Gasteiger partial charge in [-0.1, -0.05) is 30.3 Å². The average Bonchev–Trinajstić information content (AvgIpc) is 3.20. The molecular formula is C16H17NO3. The first-order chi connectivity index (χ1) is 9.74. The topological polar surface area (TPSA) is 63.3 Å². The van der Waals surface area contributed by atoms with Crippen LogP contribution in [0.4, 0.5) is 0 Å². The monoisotopic (exact) mass is 271 g/mol. The van der Waals surface area contributed by atoms with Crippen LogP contribution in [0.25, 0.3) is 0 Å². The van der Waals surface area contributed by atoms with Crippen molar-refractivity contribution in [2.75, 3.05) is 0 Å². The van der Waals surface area contributed by atoms with Crippen molar-refractivity contribution < 1.29 is 14.3 Å². The van der Waals surface area contributed by atoms with Gasteiger partial charge in [0.2, 0.25) is 5.76 Å². The van der Waals surface area contributed by atoms with Gasteiger partial charge in [-0.15, -0.1) is 0 Å². The maximum absolute atomic E-state index is 11.1. The van der Waals surface area contributed by atoms with Gasteiger partial charge in [-0.2, -0.15) is 0 Å². The minimum absolute atomic E-state index is 0.0437. The van der Waals surface area contributed by atoms with Crippen molar-refractivity contribution in [1.82, 2.24) is 4.98 Å². The normalized spacial score (nSPS) is 14.4. The van der Waals surface area contributed by atoms with Gasteiger partial charge >= 0.3 is 5.97 Å². The predicted molar refractivity (Wildman–Crippen MR) is 73.9 cm³/mol. The van der Waals surface area contributed by atoms with Crippen molar-refractivity contribution in [2.24, 2.45) is 0 Å². The highest BCUT2D eigenvalue weighted by molar-refractivity contribution is 5.85. The molecular weight excluding hydrogens is 254 g/mol. The number of carboxylic acid groups (broad SMARTS) is 1. The third-order valence-corrected chi connectivity index (χ3v) is 3.55. The van der Waals surface area contributed by atoms with E-state index >= 15 is 0 Å². The van der Waals surface area contributed by atoms with E-state index in [1.807, 2.05) is 18.2 Å². The molecule has 0 amide bonds. The Balaban J connectivity index is 1.63. The second-order valence-electron chi connectivity index (χ2n) is 5.24. The van der Waals surface area contributed by atoms with Crippen LogP contribution in [0.3, 0.4) is 0 Å². The Morgan fingerprint density at radius 1 is 1.25 bits per heavy atom. The number of oxazole rings is 1. The van der Waals surface area contributed by atoms with Crippen LogP contribution >= 0.6 is 0 Å². The summed E-state index contributed by atoms with van der Waals surface area (Å²) in [7, 11) is 0. The van der Waals surface area contributed by atoms with E-state index in [4.69, 9.17) is 9.52 Å². The van der Waals surface area contributed by atoms with Gasteiger partial charge in [0.05, 0.1) is 5.69 Å². The fourth-order valence-electron chi connectivity index (χ4n) is 2.36. The highest BCUT2D eigenvalue weighted by atomic mass is 16.4. The number of nitrogens with zero attached hydrogens (tertiary/aromatic N) is 1. The molecule has 1 saturated carbocycles. The summed E-state index contributed by atoms with van der Waals surface area (Å²) in [5.41, 5.74) is 1.92. The summed E-state index contributed by atoms with van der Waals surface area (Å²) in [5.74, 6) is -0.108. The molecule has 1 aromatic heterocycles. The van der Waals surface area contributed by atoms with Crippen LogP contribution in [0, 0.1) is 0 Å². The van der Waals surface area contributed by atoms with Crippen LogP contribution in [0.2, 0.25) is 0 Å². The van der Waals surface area contributed by atoms with Gasteiger partial charge in [-0.3, -0.25) is 0 Å². The van der Waals surface area contributed by atoms with Crippen LogP contribution in [-0.2, 0) is 12.8 Å². The number of hydrogen-bond acceptors (Lipinski definition) is 3. The summed E-state index contributed by atoms with van der Waals surface area (Å²) in [6.07, 6.45) is 4.59. The number of carboxylic acids is 1. The molecule has 2 aromatic rings. The Morgan fingerprint density at radius 3 is 2.65 bits per heavy atom. The van der Waals surface area contributed by atoms with Crippen LogP contribution in [0.5, 0.6) is 0 Å². The minimum atomic E-state index is -1.01.